The van der Waals surface area contributed by atoms with Crippen LogP contribution in [0, 0.1) is 0 Å². The number of hydrogen-bond acceptors (Lipinski definition) is 5. The fourth-order valence-corrected chi connectivity index (χ4v) is 1.96. The highest BCUT2D eigenvalue weighted by Crippen LogP contribution is 2.12. The first-order valence-corrected chi connectivity index (χ1v) is 6.25. The first-order valence-electron chi connectivity index (χ1n) is 6.25. The van der Waals surface area contributed by atoms with Crippen LogP contribution < -0.4 is 0 Å². The highest BCUT2D eigenvalue weighted by molar-refractivity contribution is 5.97. The number of rotatable bonds is 5. The van der Waals surface area contributed by atoms with E-state index in [1.807, 2.05) is 0 Å². The van der Waals surface area contributed by atoms with Crippen molar-refractivity contribution < 1.29 is 14.6 Å². The molecule has 2 aromatic rings. The minimum absolute atomic E-state index is 0.173. The lowest BCUT2D eigenvalue weighted by Crippen LogP contribution is -2.36. The Labute approximate surface area is 117 Å². The van der Waals surface area contributed by atoms with Crippen LogP contribution in [0.15, 0.2) is 30.6 Å². The van der Waals surface area contributed by atoms with Gasteiger partial charge in [0.15, 0.2) is 0 Å². The molecule has 0 spiro atoms. The van der Waals surface area contributed by atoms with Crippen LogP contribution in [-0.4, -0.2) is 59.3 Å². The van der Waals surface area contributed by atoms with Crippen LogP contribution in [0.2, 0.25) is 0 Å². The summed E-state index contributed by atoms with van der Waals surface area (Å²) in [5, 5.41) is 9.65. The van der Waals surface area contributed by atoms with Crippen LogP contribution >= 0.6 is 0 Å². The number of carbonyl (C=O) groups excluding carboxylic acids is 1. The molecule has 1 aromatic carbocycles. The average molecular weight is 275 g/mol. The molecule has 20 heavy (non-hydrogen) atoms. The summed E-state index contributed by atoms with van der Waals surface area (Å²) in [4.78, 5) is 22.0. The van der Waals surface area contributed by atoms with Crippen LogP contribution in [-0.2, 0) is 4.74 Å². The number of aromatic nitrogens is 2. The van der Waals surface area contributed by atoms with Crippen molar-refractivity contribution in [2.75, 3.05) is 27.3 Å². The molecular formula is C14H17N3O3. The molecule has 1 heterocycles. The standard InChI is InChI=1S/C14H17N3O3/c1-17(8-11(18)9-20-2)14(19)10-3-4-12-13(7-10)16-6-5-15-12/h3-7,11,18H,8-9H2,1-2H3. The Morgan fingerprint density at radius 3 is 2.75 bits per heavy atom. The van der Waals surface area contributed by atoms with Crippen LogP contribution in [0.3, 0.4) is 0 Å². The molecule has 1 aromatic heterocycles. The normalized spacial score (nSPS) is 12.3. The number of methoxy groups -OCH3 is 1. The van der Waals surface area contributed by atoms with Gasteiger partial charge in [-0.25, -0.2) is 0 Å². The van der Waals surface area contributed by atoms with Crippen molar-refractivity contribution in [2.24, 2.45) is 0 Å². The van der Waals surface area contributed by atoms with Gasteiger partial charge in [-0.15, -0.1) is 0 Å². The lowest BCUT2D eigenvalue weighted by atomic mass is 10.1. The summed E-state index contributed by atoms with van der Waals surface area (Å²) in [5.41, 5.74) is 1.93. The van der Waals surface area contributed by atoms with Crippen molar-refractivity contribution >= 4 is 16.9 Å². The van der Waals surface area contributed by atoms with Gasteiger partial charge in [-0.1, -0.05) is 0 Å². The molecule has 1 amide bonds. The third kappa shape index (κ3) is 3.28. The van der Waals surface area contributed by atoms with Crippen molar-refractivity contribution in [3.63, 3.8) is 0 Å². The van der Waals surface area contributed by atoms with E-state index in [1.165, 1.54) is 12.0 Å². The first kappa shape index (κ1) is 14.4. The van der Waals surface area contributed by atoms with E-state index in [0.29, 0.717) is 11.1 Å². The van der Waals surface area contributed by atoms with Crippen LogP contribution in [0.4, 0.5) is 0 Å². The predicted molar refractivity (Wildman–Crippen MR) is 74.4 cm³/mol. The van der Waals surface area contributed by atoms with Crippen LogP contribution in [0.5, 0.6) is 0 Å². The van der Waals surface area contributed by atoms with Crippen molar-refractivity contribution in [3.05, 3.63) is 36.2 Å². The zero-order valence-electron chi connectivity index (χ0n) is 11.5. The van der Waals surface area contributed by atoms with Crippen molar-refractivity contribution in [1.82, 2.24) is 14.9 Å². The third-order valence-electron chi connectivity index (χ3n) is 2.91. The number of amides is 1. The lowest BCUT2D eigenvalue weighted by Gasteiger charge is -2.20. The van der Waals surface area contributed by atoms with E-state index in [2.05, 4.69) is 9.97 Å². The molecule has 0 fully saturated rings. The number of ether oxygens (including phenoxy) is 1. The van der Waals surface area contributed by atoms with E-state index in [9.17, 15) is 9.90 Å². The molecule has 1 atom stereocenters. The highest BCUT2D eigenvalue weighted by Gasteiger charge is 2.16. The Morgan fingerprint density at radius 2 is 2.05 bits per heavy atom. The van der Waals surface area contributed by atoms with Gasteiger partial charge in [-0.05, 0) is 18.2 Å². The summed E-state index contributed by atoms with van der Waals surface area (Å²) in [7, 11) is 3.15. The lowest BCUT2D eigenvalue weighted by molar-refractivity contribution is 0.0380. The van der Waals surface area contributed by atoms with Gasteiger partial charge >= 0.3 is 0 Å². The van der Waals surface area contributed by atoms with Gasteiger partial charge in [0.25, 0.3) is 5.91 Å². The van der Waals surface area contributed by atoms with E-state index >= 15 is 0 Å². The number of benzene rings is 1. The Bertz CT molecular complexity index is 603. The number of nitrogens with zero attached hydrogens (tertiary/aromatic N) is 3. The maximum Gasteiger partial charge on any atom is 0.253 e. The summed E-state index contributed by atoms with van der Waals surface area (Å²) in [6.07, 6.45) is 2.49. The minimum atomic E-state index is -0.700. The fraction of sp³-hybridized carbons (Fsp3) is 0.357. The van der Waals surface area contributed by atoms with Crippen molar-refractivity contribution in [3.8, 4) is 0 Å². The van der Waals surface area contributed by atoms with E-state index in [4.69, 9.17) is 4.74 Å². The number of carbonyl (C=O) groups is 1. The number of fused-ring (bicyclic) bond motifs is 1. The molecule has 0 bridgehead atoms. The second-order valence-electron chi connectivity index (χ2n) is 4.55. The molecule has 0 saturated heterocycles. The van der Waals surface area contributed by atoms with E-state index in [0.717, 1.165) is 5.52 Å². The van der Waals surface area contributed by atoms with E-state index in [1.54, 1.807) is 37.6 Å². The van der Waals surface area contributed by atoms with Gasteiger partial charge < -0.3 is 14.7 Å². The quantitative estimate of drug-likeness (QED) is 0.869. The second kappa shape index (κ2) is 6.40. The van der Waals surface area contributed by atoms with E-state index < -0.39 is 6.10 Å². The Balaban J connectivity index is 2.14. The molecule has 0 radical (unpaired) electrons. The SMILES string of the molecule is COCC(O)CN(C)C(=O)c1ccc2nccnc2c1. The summed E-state index contributed by atoms with van der Waals surface area (Å²) in [5.74, 6) is -0.173. The molecule has 6 heteroatoms. The summed E-state index contributed by atoms with van der Waals surface area (Å²) in [6.45, 7) is 0.409. The van der Waals surface area contributed by atoms with Gasteiger partial charge in [-0.3, -0.25) is 14.8 Å². The molecule has 0 aliphatic heterocycles. The Hall–Kier alpha value is -2.05. The zero-order chi connectivity index (χ0) is 14.5. The molecule has 0 saturated carbocycles. The maximum atomic E-state index is 12.3. The molecule has 1 N–H and O–H groups in total. The molecule has 1 unspecified atom stereocenters. The number of aliphatic hydroxyl groups excluding tert-OH is 1. The number of aliphatic hydroxyl groups is 1. The first-order chi connectivity index (χ1) is 9.61. The van der Waals surface area contributed by atoms with Gasteiger partial charge in [0.05, 0.1) is 23.7 Å². The summed E-state index contributed by atoms with van der Waals surface area (Å²) >= 11 is 0. The molecular weight excluding hydrogens is 258 g/mol. The van der Waals surface area contributed by atoms with Crippen molar-refractivity contribution in [1.29, 1.82) is 0 Å². The number of hydrogen-bond donors (Lipinski definition) is 1. The average Bonchev–Trinajstić information content (AvgIpc) is 2.46. The van der Waals surface area contributed by atoms with E-state index in [-0.39, 0.29) is 19.1 Å². The molecule has 0 aliphatic rings. The minimum Gasteiger partial charge on any atom is -0.389 e. The Morgan fingerprint density at radius 1 is 1.35 bits per heavy atom. The maximum absolute atomic E-state index is 12.3. The number of likely N-dealkylation sites (N-methyl/N-ethyl adjacent to an activating group) is 1. The van der Waals surface area contributed by atoms with Gasteiger partial charge in [0.1, 0.15) is 0 Å². The monoisotopic (exact) mass is 275 g/mol. The van der Waals surface area contributed by atoms with Gasteiger partial charge in [-0.2, -0.15) is 0 Å². The second-order valence-corrected chi connectivity index (χ2v) is 4.55. The summed E-state index contributed by atoms with van der Waals surface area (Å²) in [6, 6.07) is 5.16. The van der Waals surface area contributed by atoms with Crippen LogP contribution in [0.1, 0.15) is 10.4 Å². The van der Waals surface area contributed by atoms with Gasteiger partial charge in [0.2, 0.25) is 0 Å². The van der Waals surface area contributed by atoms with Crippen LogP contribution in [0.25, 0.3) is 11.0 Å². The molecule has 2 rings (SSSR count). The zero-order valence-corrected chi connectivity index (χ0v) is 11.5. The molecule has 6 nitrogen and oxygen atoms in total. The van der Waals surface area contributed by atoms with Crippen molar-refractivity contribution in [2.45, 2.75) is 6.10 Å². The molecule has 0 aliphatic carbocycles. The fourth-order valence-electron chi connectivity index (χ4n) is 1.96. The van der Waals surface area contributed by atoms with Gasteiger partial charge in [0, 0.05) is 38.7 Å². The predicted octanol–water partition coefficient (Wildman–Crippen LogP) is 0.709. The Kier molecular flexibility index (Phi) is 4.60. The highest BCUT2D eigenvalue weighted by atomic mass is 16.5. The topological polar surface area (TPSA) is 75.6 Å². The largest absolute Gasteiger partial charge is 0.389 e. The smallest absolute Gasteiger partial charge is 0.253 e. The molecule has 106 valence electrons. The third-order valence-corrected chi connectivity index (χ3v) is 2.91. The summed E-state index contributed by atoms with van der Waals surface area (Å²) < 4.78 is 4.84.